The van der Waals surface area contributed by atoms with Gasteiger partial charge in [-0.15, -0.1) is 0 Å². The van der Waals surface area contributed by atoms with E-state index in [0.717, 1.165) is 37.3 Å². The summed E-state index contributed by atoms with van der Waals surface area (Å²) in [5.41, 5.74) is 2.29. The van der Waals surface area contributed by atoms with Crippen LogP contribution >= 0.6 is 0 Å². The van der Waals surface area contributed by atoms with Crippen molar-refractivity contribution in [2.75, 3.05) is 30.4 Å². The van der Waals surface area contributed by atoms with E-state index < -0.39 is 0 Å². The SMILES string of the molecule is CCCC#Cc1cnc(NC)cc1N1CCCC1. The van der Waals surface area contributed by atoms with E-state index in [1.54, 1.807) is 0 Å². The van der Waals surface area contributed by atoms with Gasteiger partial charge in [-0.25, -0.2) is 4.98 Å². The molecule has 0 unspecified atom stereocenters. The number of pyridine rings is 1. The second kappa shape index (κ2) is 6.30. The van der Waals surface area contributed by atoms with Gasteiger partial charge in [0.25, 0.3) is 0 Å². The minimum Gasteiger partial charge on any atom is -0.373 e. The van der Waals surface area contributed by atoms with Gasteiger partial charge in [-0.1, -0.05) is 18.8 Å². The van der Waals surface area contributed by atoms with Gasteiger partial charge < -0.3 is 10.2 Å². The molecule has 0 bridgehead atoms. The van der Waals surface area contributed by atoms with Crippen molar-refractivity contribution in [3.05, 3.63) is 17.8 Å². The van der Waals surface area contributed by atoms with Crippen LogP contribution in [0.3, 0.4) is 0 Å². The van der Waals surface area contributed by atoms with Gasteiger partial charge in [-0.2, -0.15) is 0 Å². The van der Waals surface area contributed by atoms with Crippen LogP contribution in [0.25, 0.3) is 0 Å². The lowest BCUT2D eigenvalue weighted by molar-refractivity contribution is 0.949. The van der Waals surface area contributed by atoms with E-state index in [1.165, 1.54) is 18.5 Å². The van der Waals surface area contributed by atoms with E-state index in [2.05, 4.69) is 40.0 Å². The third-order valence-corrected chi connectivity index (χ3v) is 3.18. The number of nitrogens with zero attached hydrogens (tertiary/aromatic N) is 2. The molecule has 0 saturated carbocycles. The van der Waals surface area contributed by atoms with Crippen LogP contribution in [0.4, 0.5) is 11.5 Å². The van der Waals surface area contributed by atoms with Crippen molar-refractivity contribution in [1.29, 1.82) is 0 Å². The Balaban J connectivity index is 2.29. The van der Waals surface area contributed by atoms with Gasteiger partial charge in [0.05, 0.1) is 11.3 Å². The number of anilines is 2. The van der Waals surface area contributed by atoms with Crippen LogP contribution < -0.4 is 10.2 Å². The van der Waals surface area contributed by atoms with Gasteiger partial charge in [0.2, 0.25) is 0 Å². The maximum absolute atomic E-state index is 4.37. The molecule has 0 amide bonds. The molecule has 1 fully saturated rings. The van der Waals surface area contributed by atoms with Crippen molar-refractivity contribution < 1.29 is 0 Å². The molecule has 2 rings (SSSR count). The molecule has 2 heterocycles. The lowest BCUT2D eigenvalue weighted by Gasteiger charge is -2.19. The molecule has 0 spiro atoms. The average molecular weight is 243 g/mol. The molecule has 1 saturated heterocycles. The van der Waals surface area contributed by atoms with Crippen LogP contribution in [0, 0.1) is 11.8 Å². The molecular formula is C15H21N3. The first-order valence-corrected chi connectivity index (χ1v) is 6.76. The fraction of sp³-hybridized carbons (Fsp3) is 0.533. The van der Waals surface area contributed by atoms with Gasteiger partial charge in [0.1, 0.15) is 5.82 Å². The first kappa shape index (κ1) is 12.8. The Labute approximate surface area is 110 Å². The molecule has 1 aliphatic heterocycles. The Bertz CT molecular complexity index is 451. The van der Waals surface area contributed by atoms with Gasteiger partial charge >= 0.3 is 0 Å². The van der Waals surface area contributed by atoms with Crippen molar-refractivity contribution in [3.8, 4) is 11.8 Å². The quantitative estimate of drug-likeness (QED) is 0.827. The molecule has 1 aromatic heterocycles. The van der Waals surface area contributed by atoms with Crippen molar-refractivity contribution in [2.24, 2.45) is 0 Å². The number of unbranched alkanes of at least 4 members (excludes halogenated alkanes) is 1. The first-order chi connectivity index (χ1) is 8.85. The van der Waals surface area contributed by atoms with Crippen LogP contribution in [0.5, 0.6) is 0 Å². The number of nitrogens with one attached hydrogen (secondary N) is 1. The summed E-state index contributed by atoms with van der Waals surface area (Å²) in [6, 6.07) is 2.11. The zero-order valence-electron chi connectivity index (χ0n) is 11.3. The molecule has 0 atom stereocenters. The highest BCUT2D eigenvalue weighted by molar-refractivity contribution is 5.64. The molecule has 1 aliphatic rings. The van der Waals surface area contributed by atoms with E-state index in [1.807, 2.05) is 13.2 Å². The lowest BCUT2D eigenvalue weighted by Crippen LogP contribution is -2.19. The molecule has 1 aromatic rings. The number of aromatic nitrogens is 1. The molecule has 1 N–H and O–H groups in total. The van der Waals surface area contributed by atoms with Crippen molar-refractivity contribution in [2.45, 2.75) is 32.6 Å². The number of hydrogen-bond acceptors (Lipinski definition) is 3. The molecule has 0 radical (unpaired) electrons. The van der Waals surface area contributed by atoms with E-state index in [9.17, 15) is 0 Å². The summed E-state index contributed by atoms with van der Waals surface area (Å²) >= 11 is 0. The minimum atomic E-state index is 0.915. The van der Waals surface area contributed by atoms with Crippen LogP contribution in [0.2, 0.25) is 0 Å². The minimum absolute atomic E-state index is 0.915. The number of hydrogen-bond donors (Lipinski definition) is 1. The molecule has 0 aromatic carbocycles. The van der Waals surface area contributed by atoms with Crippen molar-refractivity contribution >= 4 is 11.5 Å². The third kappa shape index (κ3) is 2.95. The highest BCUT2D eigenvalue weighted by Gasteiger charge is 2.15. The standard InChI is InChI=1S/C15H21N3/c1-3-4-5-8-13-12-17-15(16-2)11-14(13)18-9-6-7-10-18/h11-12H,3-4,6-7,9-10H2,1-2H3,(H,16,17). The predicted molar refractivity (Wildman–Crippen MR) is 77.0 cm³/mol. The fourth-order valence-corrected chi connectivity index (χ4v) is 2.18. The summed E-state index contributed by atoms with van der Waals surface area (Å²) in [4.78, 5) is 6.78. The topological polar surface area (TPSA) is 28.2 Å². The normalized spacial score (nSPS) is 14.2. The third-order valence-electron chi connectivity index (χ3n) is 3.18. The highest BCUT2D eigenvalue weighted by Crippen LogP contribution is 2.25. The summed E-state index contributed by atoms with van der Waals surface area (Å²) in [6.45, 7) is 4.42. The molecule has 3 nitrogen and oxygen atoms in total. The van der Waals surface area contributed by atoms with Crippen LogP contribution in [0.1, 0.15) is 38.2 Å². The average Bonchev–Trinajstić information content (AvgIpc) is 2.93. The Hall–Kier alpha value is -1.69. The Morgan fingerprint density at radius 3 is 2.83 bits per heavy atom. The summed E-state index contributed by atoms with van der Waals surface area (Å²) < 4.78 is 0. The van der Waals surface area contributed by atoms with E-state index in [0.29, 0.717) is 0 Å². The largest absolute Gasteiger partial charge is 0.373 e. The van der Waals surface area contributed by atoms with Crippen LogP contribution in [-0.2, 0) is 0 Å². The second-order valence-corrected chi connectivity index (χ2v) is 4.58. The van der Waals surface area contributed by atoms with Crippen molar-refractivity contribution in [1.82, 2.24) is 4.98 Å². The Kier molecular flexibility index (Phi) is 4.46. The van der Waals surface area contributed by atoms with Gasteiger partial charge in [-0.05, 0) is 19.3 Å². The van der Waals surface area contributed by atoms with Crippen LogP contribution in [-0.4, -0.2) is 25.1 Å². The maximum atomic E-state index is 4.37. The summed E-state index contributed by atoms with van der Waals surface area (Å²) in [6.07, 6.45) is 6.50. The first-order valence-electron chi connectivity index (χ1n) is 6.76. The van der Waals surface area contributed by atoms with Crippen LogP contribution in [0.15, 0.2) is 12.3 Å². The van der Waals surface area contributed by atoms with E-state index in [4.69, 9.17) is 0 Å². The second-order valence-electron chi connectivity index (χ2n) is 4.58. The maximum Gasteiger partial charge on any atom is 0.127 e. The molecule has 18 heavy (non-hydrogen) atoms. The van der Waals surface area contributed by atoms with E-state index >= 15 is 0 Å². The smallest absolute Gasteiger partial charge is 0.127 e. The van der Waals surface area contributed by atoms with Gasteiger partial charge in [-0.3, -0.25) is 0 Å². The van der Waals surface area contributed by atoms with Gasteiger partial charge in [0, 0.05) is 38.8 Å². The monoisotopic (exact) mass is 243 g/mol. The molecule has 3 heteroatoms. The van der Waals surface area contributed by atoms with Crippen molar-refractivity contribution in [3.63, 3.8) is 0 Å². The zero-order chi connectivity index (χ0) is 12.8. The predicted octanol–water partition coefficient (Wildman–Crippen LogP) is 2.88. The summed E-state index contributed by atoms with van der Waals surface area (Å²) in [5, 5.41) is 3.10. The Morgan fingerprint density at radius 1 is 1.39 bits per heavy atom. The van der Waals surface area contributed by atoms with E-state index in [-0.39, 0.29) is 0 Å². The summed E-state index contributed by atoms with van der Waals surface area (Å²) in [7, 11) is 1.90. The fourth-order valence-electron chi connectivity index (χ4n) is 2.18. The zero-order valence-corrected chi connectivity index (χ0v) is 11.3. The lowest BCUT2D eigenvalue weighted by atomic mass is 10.2. The molecular weight excluding hydrogens is 222 g/mol. The summed E-state index contributed by atoms with van der Waals surface area (Å²) in [5.74, 6) is 7.39. The number of rotatable bonds is 3. The molecule has 0 aliphatic carbocycles. The highest BCUT2D eigenvalue weighted by atomic mass is 15.1. The van der Waals surface area contributed by atoms with Gasteiger partial charge in [0.15, 0.2) is 0 Å². The Morgan fingerprint density at radius 2 is 2.17 bits per heavy atom. The molecule has 96 valence electrons.